The van der Waals surface area contributed by atoms with Crippen LogP contribution in [0.25, 0.3) is 0 Å². The Morgan fingerprint density at radius 2 is 1.79 bits per heavy atom. The predicted molar refractivity (Wildman–Crippen MR) is 148 cm³/mol. The quantitative estimate of drug-likeness (QED) is 0.242. The van der Waals surface area contributed by atoms with Crippen molar-refractivity contribution in [3.8, 4) is 6.07 Å². The number of esters is 2. The molecule has 5 unspecified atom stereocenters. The van der Waals surface area contributed by atoms with Crippen LogP contribution in [0, 0.1) is 29.1 Å². The summed E-state index contributed by atoms with van der Waals surface area (Å²) in [5.41, 5.74) is 0.839. The number of nitriles is 1. The molecule has 0 radical (unpaired) electrons. The molecule has 0 spiro atoms. The van der Waals surface area contributed by atoms with Gasteiger partial charge in [0.25, 0.3) is 0 Å². The van der Waals surface area contributed by atoms with E-state index < -0.39 is 18.0 Å². The van der Waals surface area contributed by atoms with E-state index in [-0.39, 0.29) is 25.1 Å². The van der Waals surface area contributed by atoms with Gasteiger partial charge in [-0.15, -0.1) is 0 Å². The third-order valence-corrected chi connectivity index (χ3v) is 6.74. The summed E-state index contributed by atoms with van der Waals surface area (Å²) in [5, 5.41) is 15.3. The van der Waals surface area contributed by atoms with Crippen molar-refractivity contribution in [1.82, 2.24) is 10.6 Å². The Bertz CT molecular complexity index is 896. The van der Waals surface area contributed by atoms with Gasteiger partial charge in [0.15, 0.2) is 0 Å². The number of carbonyl (C=O) groups is 3. The molecule has 1 aromatic carbocycles. The van der Waals surface area contributed by atoms with Gasteiger partial charge in [0.05, 0.1) is 12.2 Å². The van der Waals surface area contributed by atoms with Gasteiger partial charge in [-0.05, 0) is 68.9 Å². The van der Waals surface area contributed by atoms with Crippen LogP contribution < -0.4 is 10.6 Å². The number of ether oxygens (including phenoxy) is 2. The van der Waals surface area contributed by atoms with Crippen molar-refractivity contribution in [3.63, 3.8) is 0 Å². The van der Waals surface area contributed by atoms with E-state index in [1.807, 2.05) is 19.9 Å². The van der Waals surface area contributed by atoms with Crippen LogP contribution in [0.4, 0.5) is 4.79 Å². The average molecular weight is 530 g/mol. The van der Waals surface area contributed by atoms with Crippen LogP contribution in [0.3, 0.4) is 0 Å². The lowest BCUT2D eigenvalue weighted by Gasteiger charge is -2.35. The molecule has 0 saturated heterocycles. The molecule has 38 heavy (non-hydrogen) atoms. The number of amides is 2. The van der Waals surface area contributed by atoms with Crippen molar-refractivity contribution in [2.75, 3.05) is 13.2 Å². The van der Waals surface area contributed by atoms with Crippen LogP contribution in [-0.2, 0) is 14.3 Å². The molecule has 212 valence electrons. The van der Waals surface area contributed by atoms with Crippen LogP contribution in [0.5, 0.6) is 0 Å². The van der Waals surface area contributed by atoms with Crippen molar-refractivity contribution >= 4 is 18.0 Å². The Hall–Kier alpha value is -3.08. The van der Waals surface area contributed by atoms with E-state index in [0.717, 1.165) is 12.8 Å². The van der Waals surface area contributed by atoms with Gasteiger partial charge >= 0.3 is 18.0 Å². The van der Waals surface area contributed by atoms with Crippen molar-refractivity contribution in [1.29, 1.82) is 5.26 Å². The van der Waals surface area contributed by atoms with E-state index in [2.05, 4.69) is 31.4 Å². The minimum Gasteiger partial charge on any atom is -0.462 e. The lowest BCUT2D eigenvalue weighted by atomic mass is 9.75. The molecule has 8 nitrogen and oxygen atoms in total. The minimum absolute atomic E-state index is 0.0802. The van der Waals surface area contributed by atoms with Gasteiger partial charge in [-0.25, -0.2) is 9.59 Å². The zero-order chi connectivity index (χ0) is 28.5. The summed E-state index contributed by atoms with van der Waals surface area (Å²) in [6.45, 7) is 13.1. The highest BCUT2D eigenvalue weighted by molar-refractivity contribution is 5.89. The van der Waals surface area contributed by atoms with Crippen molar-refractivity contribution in [2.24, 2.45) is 17.8 Å². The SMILES string of the molecule is CC.CCOC(=O)c1ccc(C(C#N)OC(=O)CCCNC(=O)NC2CC(C)CC(CC(C)CC)C2)cc1. The zero-order valence-electron chi connectivity index (χ0n) is 24.0. The number of nitrogens with one attached hydrogen (secondary N) is 2. The van der Waals surface area contributed by atoms with Crippen molar-refractivity contribution < 1.29 is 23.9 Å². The molecule has 0 aromatic heterocycles. The maximum atomic E-state index is 12.4. The largest absolute Gasteiger partial charge is 0.462 e. The maximum Gasteiger partial charge on any atom is 0.338 e. The van der Waals surface area contributed by atoms with Gasteiger partial charge in [-0.2, -0.15) is 5.26 Å². The molecule has 2 amide bonds. The Labute approximate surface area is 228 Å². The standard InChI is InChI=1S/C28H41N3O5.C2H6/c1-5-19(3)14-21-15-20(4)16-24(17-21)31-28(34)30-13-7-8-26(32)36-25(18-29)22-9-11-23(12-10-22)27(33)35-6-2;1-2/h9-12,19-21,24-25H,5-8,13-17H2,1-4H3,(H2,30,31,34);1-2H3. The fraction of sp³-hybridized carbons (Fsp3) is 0.667. The van der Waals surface area contributed by atoms with Crippen LogP contribution in [0.15, 0.2) is 24.3 Å². The second-order valence-electron chi connectivity index (χ2n) is 9.97. The summed E-state index contributed by atoms with van der Waals surface area (Å²) in [4.78, 5) is 36.3. The normalized spacial score (nSPS) is 20.0. The van der Waals surface area contributed by atoms with E-state index >= 15 is 0 Å². The summed E-state index contributed by atoms with van der Waals surface area (Å²) in [7, 11) is 0. The number of rotatable bonds is 12. The van der Waals surface area contributed by atoms with E-state index in [0.29, 0.717) is 41.8 Å². The van der Waals surface area contributed by atoms with Gasteiger partial charge in [0, 0.05) is 24.6 Å². The van der Waals surface area contributed by atoms with Crippen molar-refractivity contribution in [3.05, 3.63) is 35.4 Å². The monoisotopic (exact) mass is 529 g/mol. The van der Waals surface area contributed by atoms with Gasteiger partial charge in [0.1, 0.15) is 6.07 Å². The molecular formula is C30H47N3O5. The Kier molecular flexibility index (Phi) is 15.8. The fourth-order valence-corrected chi connectivity index (χ4v) is 4.83. The summed E-state index contributed by atoms with van der Waals surface area (Å²) >= 11 is 0. The van der Waals surface area contributed by atoms with E-state index in [4.69, 9.17) is 9.47 Å². The number of urea groups is 1. The lowest BCUT2D eigenvalue weighted by Crippen LogP contribution is -2.45. The molecule has 1 fully saturated rings. The van der Waals surface area contributed by atoms with E-state index in [9.17, 15) is 19.6 Å². The Morgan fingerprint density at radius 1 is 1.11 bits per heavy atom. The third-order valence-electron chi connectivity index (χ3n) is 6.74. The molecule has 0 heterocycles. The highest BCUT2D eigenvalue weighted by Gasteiger charge is 2.28. The molecule has 1 saturated carbocycles. The molecule has 1 aromatic rings. The van der Waals surface area contributed by atoms with Gasteiger partial charge < -0.3 is 20.1 Å². The topological polar surface area (TPSA) is 118 Å². The number of hydrogen-bond acceptors (Lipinski definition) is 6. The number of hydrogen-bond donors (Lipinski definition) is 2. The summed E-state index contributed by atoms with van der Waals surface area (Å²) in [5.74, 6) is 0.988. The fourth-order valence-electron chi connectivity index (χ4n) is 4.83. The highest BCUT2D eigenvalue weighted by atomic mass is 16.5. The van der Waals surface area contributed by atoms with Crippen LogP contribution in [0.1, 0.15) is 109 Å². The van der Waals surface area contributed by atoms with Crippen LogP contribution in [-0.4, -0.2) is 37.2 Å². The first kappa shape index (κ1) is 32.9. The molecule has 1 aliphatic rings. The maximum absolute atomic E-state index is 12.4. The number of nitrogens with zero attached hydrogens (tertiary/aromatic N) is 1. The summed E-state index contributed by atoms with van der Waals surface area (Å²) < 4.78 is 10.2. The van der Waals surface area contributed by atoms with E-state index in [1.54, 1.807) is 19.1 Å². The summed E-state index contributed by atoms with van der Waals surface area (Å²) in [6.07, 6.45) is 5.05. The first-order chi connectivity index (χ1) is 18.2. The highest BCUT2D eigenvalue weighted by Crippen LogP contribution is 2.33. The van der Waals surface area contributed by atoms with E-state index in [1.165, 1.54) is 31.4 Å². The van der Waals surface area contributed by atoms with Crippen molar-refractivity contribution in [2.45, 2.75) is 98.6 Å². The average Bonchev–Trinajstić information content (AvgIpc) is 2.90. The second-order valence-corrected chi connectivity index (χ2v) is 9.97. The molecule has 8 heteroatoms. The third kappa shape index (κ3) is 12.0. The first-order valence-electron chi connectivity index (χ1n) is 14.2. The van der Waals surface area contributed by atoms with Gasteiger partial charge in [-0.3, -0.25) is 4.79 Å². The number of benzene rings is 1. The molecule has 0 aliphatic heterocycles. The molecule has 0 bridgehead atoms. The molecule has 2 N–H and O–H groups in total. The molecule has 5 atom stereocenters. The molecule has 1 aliphatic carbocycles. The predicted octanol–water partition coefficient (Wildman–Crippen LogP) is 6.32. The minimum atomic E-state index is -1.07. The Morgan fingerprint density at radius 3 is 2.39 bits per heavy atom. The first-order valence-corrected chi connectivity index (χ1v) is 14.2. The van der Waals surface area contributed by atoms with Crippen LogP contribution in [0.2, 0.25) is 0 Å². The van der Waals surface area contributed by atoms with Crippen LogP contribution >= 0.6 is 0 Å². The summed E-state index contributed by atoms with van der Waals surface area (Å²) in [6, 6.07) is 8.14. The number of carbonyl (C=O) groups excluding carboxylic acids is 3. The lowest BCUT2D eigenvalue weighted by molar-refractivity contribution is -0.147. The smallest absolute Gasteiger partial charge is 0.338 e. The van der Waals surface area contributed by atoms with Gasteiger partial charge in [0.2, 0.25) is 6.10 Å². The Balaban J connectivity index is 0.00000352. The molecule has 2 rings (SSSR count). The zero-order valence-corrected chi connectivity index (χ0v) is 24.0. The molecular weight excluding hydrogens is 482 g/mol. The second kappa shape index (κ2) is 18.2. The van der Waals surface area contributed by atoms with Gasteiger partial charge in [-0.1, -0.05) is 53.2 Å².